The number of fused-ring (bicyclic) bond motifs is 1. The van der Waals surface area contributed by atoms with Gasteiger partial charge in [0.25, 0.3) is 0 Å². The number of nitrogens with zero attached hydrogens (tertiary/aromatic N) is 2. The molecule has 0 radical (unpaired) electrons. The number of halogens is 3. The van der Waals surface area contributed by atoms with Crippen molar-refractivity contribution in [3.63, 3.8) is 0 Å². The molecular weight excluding hydrogens is 393 g/mol. The van der Waals surface area contributed by atoms with Gasteiger partial charge in [-0.05, 0) is 48.2 Å². The number of benzene rings is 2. The Morgan fingerprint density at radius 1 is 1.07 bits per heavy atom. The lowest BCUT2D eigenvalue weighted by Gasteiger charge is -2.24. The topological polar surface area (TPSA) is 34.5 Å². The molecule has 1 aromatic heterocycles. The predicted octanol–water partition coefficient (Wildman–Crippen LogP) is 5.25. The van der Waals surface area contributed by atoms with Gasteiger partial charge in [-0.1, -0.05) is 13.8 Å². The van der Waals surface area contributed by atoms with Gasteiger partial charge < -0.3 is 14.2 Å². The summed E-state index contributed by atoms with van der Waals surface area (Å²) in [6.07, 6.45) is -2.22. The van der Waals surface area contributed by atoms with Crippen LogP contribution >= 0.6 is 0 Å². The van der Waals surface area contributed by atoms with Gasteiger partial charge in [0, 0.05) is 36.4 Å². The lowest BCUT2D eigenvalue weighted by molar-refractivity contribution is -0.137. The molecule has 1 aliphatic rings. The first-order chi connectivity index (χ1) is 14.1. The normalized spacial score (nSPS) is 16.3. The first-order valence-electron chi connectivity index (χ1n) is 9.75. The first kappa shape index (κ1) is 20.3. The van der Waals surface area contributed by atoms with Crippen molar-refractivity contribution >= 4 is 16.6 Å². The fourth-order valence-electron chi connectivity index (χ4n) is 4.06. The molecule has 0 N–H and O–H groups in total. The molecule has 158 valence electrons. The molecule has 3 aromatic rings. The Kier molecular flexibility index (Phi) is 4.79. The van der Waals surface area contributed by atoms with Crippen molar-refractivity contribution in [1.29, 1.82) is 0 Å². The van der Waals surface area contributed by atoms with E-state index in [-0.39, 0.29) is 16.5 Å². The Labute approximate surface area is 172 Å². The van der Waals surface area contributed by atoms with E-state index in [1.54, 1.807) is 24.3 Å². The van der Waals surface area contributed by atoms with Crippen LogP contribution in [0, 0.1) is 5.41 Å². The monoisotopic (exact) mass is 416 g/mol. The van der Waals surface area contributed by atoms with Crippen molar-refractivity contribution in [2.75, 3.05) is 25.1 Å². The number of rotatable bonds is 3. The molecule has 7 heteroatoms. The molecule has 1 aliphatic heterocycles. The number of aromatic nitrogens is 1. The van der Waals surface area contributed by atoms with E-state index in [4.69, 9.17) is 4.74 Å². The average molecular weight is 416 g/mol. The Morgan fingerprint density at radius 3 is 2.47 bits per heavy atom. The molecule has 1 saturated heterocycles. The fourth-order valence-corrected chi connectivity index (χ4v) is 4.06. The van der Waals surface area contributed by atoms with Crippen LogP contribution in [0.3, 0.4) is 0 Å². The lowest BCUT2D eigenvalue weighted by Crippen LogP contribution is -2.23. The third kappa shape index (κ3) is 3.64. The van der Waals surface area contributed by atoms with E-state index < -0.39 is 11.7 Å². The standard InChI is InChI=1S/C23H23F3N2O2/c1-22(2)9-11-27(14-22)15-4-6-20(18(12-15)23(24,25)26)28-10-8-21(29)17-13-16(30-3)5-7-19(17)28/h4-8,10,12-13H,9,11,14H2,1-3H3. The Hall–Kier alpha value is -2.96. The predicted molar refractivity (Wildman–Crippen MR) is 112 cm³/mol. The molecule has 2 aromatic carbocycles. The highest BCUT2D eigenvalue weighted by Crippen LogP contribution is 2.39. The van der Waals surface area contributed by atoms with Crippen LogP contribution in [-0.4, -0.2) is 24.8 Å². The minimum atomic E-state index is -4.54. The molecule has 0 unspecified atom stereocenters. The molecule has 0 amide bonds. The summed E-state index contributed by atoms with van der Waals surface area (Å²) >= 11 is 0. The summed E-state index contributed by atoms with van der Waals surface area (Å²) in [5.41, 5.74) is 0.00731. The van der Waals surface area contributed by atoms with Gasteiger partial charge in [-0.25, -0.2) is 0 Å². The summed E-state index contributed by atoms with van der Waals surface area (Å²) in [5.74, 6) is 0.473. The van der Waals surface area contributed by atoms with E-state index in [2.05, 4.69) is 13.8 Å². The number of pyridine rings is 1. The molecule has 0 aliphatic carbocycles. The minimum Gasteiger partial charge on any atom is -0.497 e. The van der Waals surface area contributed by atoms with Crippen LogP contribution in [0.5, 0.6) is 5.75 Å². The summed E-state index contributed by atoms with van der Waals surface area (Å²) in [7, 11) is 1.47. The molecule has 4 nitrogen and oxygen atoms in total. The Balaban J connectivity index is 1.89. The van der Waals surface area contributed by atoms with E-state index in [0.717, 1.165) is 13.0 Å². The van der Waals surface area contributed by atoms with Crippen LogP contribution in [0.15, 0.2) is 53.5 Å². The second-order valence-electron chi connectivity index (χ2n) is 8.47. The van der Waals surface area contributed by atoms with Crippen LogP contribution in [-0.2, 0) is 6.18 Å². The molecule has 0 spiro atoms. The number of anilines is 1. The average Bonchev–Trinajstić information content (AvgIpc) is 3.07. The summed E-state index contributed by atoms with van der Waals surface area (Å²) in [6, 6.07) is 10.5. The Morgan fingerprint density at radius 2 is 1.83 bits per heavy atom. The van der Waals surface area contributed by atoms with Crippen LogP contribution in [0.25, 0.3) is 16.6 Å². The van der Waals surface area contributed by atoms with Crippen LogP contribution < -0.4 is 15.1 Å². The largest absolute Gasteiger partial charge is 0.497 e. The smallest absolute Gasteiger partial charge is 0.418 e. The first-order valence-corrected chi connectivity index (χ1v) is 9.75. The zero-order chi connectivity index (χ0) is 21.7. The van der Waals surface area contributed by atoms with E-state index in [1.807, 2.05) is 4.90 Å². The van der Waals surface area contributed by atoms with E-state index in [9.17, 15) is 18.0 Å². The van der Waals surface area contributed by atoms with Gasteiger partial charge in [-0.15, -0.1) is 0 Å². The van der Waals surface area contributed by atoms with Gasteiger partial charge in [0.15, 0.2) is 5.43 Å². The van der Waals surface area contributed by atoms with Crippen molar-refractivity contribution in [1.82, 2.24) is 4.57 Å². The van der Waals surface area contributed by atoms with Crippen LogP contribution in [0.4, 0.5) is 18.9 Å². The molecule has 0 atom stereocenters. The van der Waals surface area contributed by atoms with Crippen molar-refractivity contribution in [2.45, 2.75) is 26.4 Å². The summed E-state index contributed by atoms with van der Waals surface area (Å²) in [4.78, 5) is 14.3. The van der Waals surface area contributed by atoms with Gasteiger partial charge >= 0.3 is 6.18 Å². The van der Waals surface area contributed by atoms with E-state index in [0.29, 0.717) is 28.9 Å². The summed E-state index contributed by atoms with van der Waals surface area (Å²) < 4.78 is 48.7. The molecular formula is C23H23F3N2O2. The van der Waals surface area contributed by atoms with Crippen molar-refractivity contribution in [3.05, 3.63) is 64.4 Å². The molecule has 0 bridgehead atoms. The maximum absolute atomic E-state index is 14.0. The van der Waals surface area contributed by atoms with E-state index >= 15 is 0 Å². The van der Waals surface area contributed by atoms with Gasteiger partial charge in [0.1, 0.15) is 5.75 Å². The number of hydrogen-bond acceptors (Lipinski definition) is 3. The molecule has 1 fully saturated rings. The van der Waals surface area contributed by atoms with Gasteiger partial charge in [0.2, 0.25) is 0 Å². The fraction of sp³-hybridized carbons (Fsp3) is 0.348. The Bertz CT molecular complexity index is 1170. The zero-order valence-corrected chi connectivity index (χ0v) is 17.1. The maximum Gasteiger partial charge on any atom is 0.418 e. The van der Waals surface area contributed by atoms with Gasteiger partial charge in [0.05, 0.1) is 23.9 Å². The molecule has 30 heavy (non-hydrogen) atoms. The molecule has 4 rings (SSSR count). The van der Waals surface area contributed by atoms with Gasteiger partial charge in [-0.3, -0.25) is 4.79 Å². The number of methoxy groups -OCH3 is 1. The van der Waals surface area contributed by atoms with Gasteiger partial charge in [-0.2, -0.15) is 13.2 Å². The lowest BCUT2D eigenvalue weighted by atomic mass is 9.93. The third-order valence-corrected chi connectivity index (χ3v) is 5.69. The van der Waals surface area contributed by atoms with Crippen molar-refractivity contribution < 1.29 is 17.9 Å². The second-order valence-corrected chi connectivity index (χ2v) is 8.47. The molecule has 0 saturated carbocycles. The van der Waals surface area contributed by atoms with E-state index in [1.165, 1.54) is 36.1 Å². The number of alkyl halides is 3. The number of hydrogen-bond donors (Lipinski definition) is 0. The van der Waals surface area contributed by atoms with Crippen molar-refractivity contribution in [2.24, 2.45) is 5.41 Å². The highest BCUT2D eigenvalue weighted by molar-refractivity contribution is 5.82. The van der Waals surface area contributed by atoms with Crippen LogP contribution in [0.1, 0.15) is 25.8 Å². The maximum atomic E-state index is 14.0. The summed E-state index contributed by atoms with van der Waals surface area (Å²) in [6.45, 7) is 5.67. The number of ether oxygens (including phenoxy) is 1. The molecule has 2 heterocycles. The third-order valence-electron chi connectivity index (χ3n) is 5.69. The quantitative estimate of drug-likeness (QED) is 0.585. The minimum absolute atomic E-state index is 0.0140. The SMILES string of the molecule is COc1ccc2c(c1)c(=O)ccn2-c1ccc(N2CCC(C)(C)C2)cc1C(F)(F)F. The summed E-state index contributed by atoms with van der Waals surface area (Å²) in [5, 5.41) is 0.301. The highest BCUT2D eigenvalue weighted by atomic mass is 19.4. The zero-order valence-electron chi connectivity index (χ0n) is 17.1. The highest BCUT2D eigenvalue weighted by Gasteiger charge is 2.36. The second kappa shape index (κ2) is 7.07. The van der Waals surface area contributed by atoms with Crippen LogP contribution in [0.2, 0.25) is 0 Å². The van der Waals surface area contributed by atoms with Crippen molar-refractivity contribution in [3.8, 4) is 11.4 Å².